The molecule has 0 radical (unpaired) electrons. The normalized spacial score (nSPS) is 9.25. The van der Waals surface area contributed by atoms with Crippen LogP contribution in [0, 0.1) is 6.92 Å². The third-order valence-electron chi connectivity index (χ3n) is 2.21. The zero-order chi connectivity index (χ0) is 12.0. The van der Waals surface area contributed by atoms with Gasteiger partial charge in [-0.25, -0.2) is 0 Å². The van der Waals surface area contributed by atoms with E-state index in [0.717, 1.165) is 4.47 Å². The molecule has 0 N–H and O–H groups in total. The lowest BCUT2D eigenvalue weighted by Crippen LogP contribution is -1.78. The van der Waals surface area contributed by atoms with E-state index in [1.54, 1.807) is 0 Å². The van der Waals surface area contributed by atoms with Gasteiger partial charge in [-0.05, 0) is 30.2 Å². The van der Waals surface area contributed by atoms with Gasteiger partial charge in [0.1, 0.15) is 0 Å². The predicted molar refractivity (Wildman–Crippen MR) is 75.7 cm³/mol. The van der Waals surface area contributed by atoms with Crippen molar-refractivity contribution in [3.63, 3.8) is 0 Å². The highest BCUT2D eigenvalue weighted by molar-refractivity contribution is 9.10. The lowest BCUT2D eigenvalue weighted by Gasteiger charge is -2.02. The van der Waals surface area contributed by atoms with E-state index >= 15 is 0 Å². The molecule has 0 heterocycles. The Bertz CT molecular complexity index is 429. The largest absolute Gasteiger partial charge is 0.0683 e. The van der Waals surface area contributed by atoms with Crippen molar-refractivity contribution in [3.05, 3.63) is 58.6 Å². The number of aryl methyl sites for hydroxylation is 1. The van der Waals surface area contributed by atoms with Crippen molar-refractivity contribution in [2.24, 2.45) is 0 Å². The van der Waals surface area contributed by atoms with Crippen LogP contribution in [-0.2, 0) is 0 Å². The maximum Gasteiger partial charge on any atom is 0.0181 e. The van der Waals surface area contributed by atoms with Gasteiger partial charge in [0.05, 0.1) is 0 Å². The van der Waals surface area contributed by atoms with Crippen LogP contribution in [0.25, 0.3) is 11.1 Å². The lowest BCUT2D eigenvalue weighted by atomic mass is 10.0. The van der Waals surface area contributed by atoms with Gasteiger partial charge in [-0.3, -0.25) is 0 Å². The number of hydrogen-bond acceptors (Lipinski definition) is 0. The monoisotopic (exact) mass is 276 g/mol. The van der Waals surface area contributed by atoms with Crippen molar-refractivity contribution < 1.29 is 0 Å². The topological polar surface area (TPSA) is 0 Å². The van der Waals surface area contributed by atoms with Gasteiger partial charge in [-0.2, -0.15) is 0 Å². The second kappa shape index (κ2) is 6.49. The summed E-state index contributed by atoms with van der Waals surface area (Å²) in [5.74, 6) is 0. The smallest absolute Gasteiger partial charge is 0.0181 e. The summed E-state index contributed by atoms with van der Waals surface area (Å²) in [6.07, 6.45) is 0. The summed E-state index contributed by atoms with van der Waals surface area (Å²) < 4.78 is 1.12. The number of halogens is 1. The molecule has 0 aliphatic heterocycles. The minimum Gasteiger partial charge on any atom is -0.0683 e. The summed E-state index contributed by atoms with van der Waals surface area (Å²) in [6, 6.07) is 16.9. The Morgan fingerprint density at radius 1 is 0.812 bits per heavy atom. The molecule has 2 aromatic carbocycles. The van der Waals surface area contributed by atoms with Crippen molar-refractivity contribution in [3.8, 4) is 11.1 Å². The van der Waals surface area contributed by atoms with E-state index in [0.29, 0.717) is 0 Å². The Hall–Kier alpha value is -1.08. The molecule has 0 aliphatic carbocycles. The van der Waals surface area contributed by atoms with E-state index in [9.17, 15) is 0 Å². The molecule has 0 spiro atoms. The van der Waals surface area contributed by atoms with Gasteiger partial charge in [0, 0.05) is 4.47 Å². The molecule has 0 fully saturated rings. The minimum atomic E-state index is 1.12. The number of benzene rings is 2. The van der Waals surface area contributed by atoms with Crippen molar-refractivity contribution >= 4 is 15.9 Å². The van der Waals surface area contributed by atoms with Gasteiger partial charge in [-0.1, -0.05) is 71.7 Å². The van der Waals surface area contributed by atoms with E-state index in [-0.39, 0.29) is 0 Å². The second-order valence-electron chi connectivity index (χ2n) is 3.38. The summed E-state index contributed by atoms with van der Waals surface area (Å²) >= 11 is 3.47. The molecular weight excluding hydrogens is 260 g/mol. The van der Waals surface area contributed by atoms with E-state index in [2.05, 4.69) is 65.3 Å². The standard InChI is InChI=1S/C13H11Br.C2H6/c1-10-5-7-11(8-6-10)12-3-2-4-13(14)9-12;1-2/h2-9H,1H3;1-2H3. The van der Waals surface area contributed by atoms with Gasteiger partial charge in [0.15, 0.2) is 0 Å². The molecule has 1 heteroatoms. The average Bonchev–Trinajstić information content (AvgIpc) is 2.32. The molecule has 0 amide bonds. The summed E-state index contributed by atoms with van der Waals surface area (Å²) in [7, 11) is 0. The Kier molecular flexibility index (Phi) is 5.27. The maximum atomic E-state index is 3.47. The van der Waals surface area contributed by atoms with Crippen molar-refractivity contribution in [1.82, 2.24) is 0 Å². The first-order valence-corrected chi connectivity index (χ1v) is 6.37. The van der Waals surface area contributed by atoms with E-state index < -0.39 is 0 Å². The molecular formula is C15H17Br. The van der Waals surface area contributed by atoms with Crippen molar-refractivity contribution in [2.45, 2.75) is 20.8 Å². The number of hydrogen-bond donors (Lipinski definition) is 0. The Labute approximate surface area is 106 Å². The fraction of sp³-hybridized carbons (Fsp3) is 0.200. The Morgan fingerprint density at radius 2 is 1.44 bits per heavy atom. The molecule has 0 saturated carbocycles. The predicted octanol–water partition coefficient (Wildman–Crippen LogP) is 5.45. The zero-order valence-electron chi connectivity index (χ0n) is 10.00. The Balaban J connectivity index is 0.000000606. The quantitative estimate of drug-likeness (QED) is 0.650. The van der Waals surface area contributed by atoms with Crippen LogP contribution in [-0.4, -0.2) is 0 Å². The molecule has 0 bridgehead atoms. The van der Waals surface area contributed by atoms with Crippen molar-refractivity contribution in [1.29, 1.82) is 0 Å². The van der Waals surface area contributed by atoms with Gasteiger partial charge in [0.25, 0.3) is 0 Å². The van der Waals surface area contributed by atoms with Crippen molar-refractivity contribution in [2.75, 3.05) is 0 Å². The summed E-state index contributed by atoms with van der Waals surface area (Å²) in [5, 5.41) is 0. The molecule has 16 heavy (non-hydrogen) atoms. The molecule has 0 atom stereocenters. The SMILES string of the molecule is CC.Cc1ccc(-c2cccc(Br)c2)cc1. The minimum absolute atomic E-state index is 1.12. The molecule has 0 saturated heterocycles. The average molecular weight is 277 g/mol. The molecule has 0 unspecified atom stereocenters. The zero-order valence-corrected chi connectivity index (χ0v) is 11.6. The third kappa shape index (κ3) is 3.49. The molecule has 0 aromatic heterocycles. The second-order valence-corrected chi connectivity index (χ2v) is 4.29. The fourth-order valence-corrected chi connectivity index (χ4v) is 1.81. The first-order valence-electron chi connectivity index (χ1n) is 5.58. The Morgan fingerprint density at radius 3 is 2.00 bits per heavy atom. The molecule has 2 rings (SSSR count). The van der Waals surface area contributed by atoms with E-state index in [1.165, 1.54) is 16.7 Å². The molecule has 2 aromatic rings. The first-order chi connectivity index (χ1) is 7.75. The van der Waals surface area contributed by atoms with Gasteiger partial charge in [0.2, 0.25) is 0 Å². The van der Waals surface area contributed by atoms with Crippen LogP contribution in [0.1, 0.15) is 19.4 Å². The van der Waals surface area contributed by atoms with Crippen LogP contribution in [0.15, 0.2) is 53.0 Å². The van der Waals surface area contributed by atoms with Crippen LogP contribution in [0.5, 0.6) is 0 Å². The van der Waals surface area contributed by atoms with Crippen LogP contribution in [0.4, 0.5) is 0 Å². The highest BCUT2D eigenvalue weighted by Crippen LogP contribution is 2.22. The summed E-state index contributed by atoms with van der Waals surface area (Å²) in [4.78, 5) is 0. The highest BCUT2D eigenvalue weighted by Gasteiger charge is 1.96. The molecule has 84 valence electrons. The lowest BCUT2D eigenvalue weighted by molar-refractivity contribution is 1.47. The van der Waals surface area contributed by atoms with Gasteiger partial charge >= 0.3 is 0 Å². The van der Waals surface area contributed by atoms with Crippen LogP contribution in [0.2, 0.25) is 0 Å². The van der Waals surface area contributed by atoms with Crippen LogP contribution < -0.4 is 0 Å². The van der Waals surface area contributed by atoms with Gasteiger partial charge in [-0.15, -0.1) is 0 Å². The third-order valence-corrected chi connectivity index (χ3v) is 2.70. The fourth-order valence-electron chi connectivity index (χ4n) is 1.41. The summed E-state index contributed by atoms with van der Waals surface area (Å²) in [6.45, 7) is 6.10. The maximum absolute atomic E-state index is 3.47. The number of rotatable bonds is 1. The first kappa shape index (κ1) is 13.0. The van der Waals surface area contributed by atoms with Crippen LogP contribution in [0.3, 0.4) is 0 Å². The molecule has 0 nitrogen and oxygen atoms in total. The summed E-state index contributed by atoms with van der Waals surface area (Å²) in [5.41, 5.74) is 3.81. The van der Waals surface area contributed by atoms with E-state index in [1.807, 2.05) is 19.9 Å². The van der Waals surface area contributed by atoms with Gasteiger partial charge < -0.3 is 0 Å². The van der Waals surface area contributed by atoms with Crippen LogP contribution >= 0.6 is 15.9 Å². The highest BCUT2D eigenvalue weighted by atomic mass is 79.9. The van der Waals surface area contributed by atoms with E-state index in [4.69, 9.17) is 0 Å². The molecule has 0 aliphatic rings.